The summed E-state index contributed by atoms with van der Waals surface area (Å²) < 4.78 is 11.4. The van der Waals surface area contributed by atoms with Gasteiger partial charge in [0.15, 0.2) is 11.5 Å². The Kier molecular flexibility index (Phi) is 6.04. The number of benzene rings is 2. The average molecular weight is 378 g/mol. The smallest absolute Gasteiger partial charge is 0.231 e. The third kappa shape index (κ3) is 4.05. The van der Waals surface area contributed by atoms with E-state index in [1.807, 2.05) is 49.4 Å². The summed E-state index contributed by atoms with van der Waals surface area (Å²) >= 11 is 3.50. The number of carbonyl (C=O) groups excluding carboxylic acids is 1. The zero-order chi connectivity index (χ0) is 16.8. The molecule has 2 rings (SSSR count). The van der Waals surface area contributed by atoms with Crippen LogP contribution >= 0.6 is 15.9 Å². The second kappa shape index (κ2) is 8.02. The first-order valence-electron chi connectivity index (χ1n) is 7.36. The van der Waals surface area contributed by atoms with E-state index in [1.165, 1.54) is 0 Å². The summed E-state index contributed by atoms with van der Waals surface area (Å²) in [5, 5.41) is 0. The van der Waals surface area contributed by atoms with Gasteiger partial charge in [0, 0.05) is 16.7 Å². The second-order valence-electron chi connectivity index (χ2n) is 4.95. The molecule has 0 saturated heterocycles. The molecule has 0 saturated carbocycles. The molecule has 122 valence electrons. The number of nitrogens with zero attached hydrogens (tertiary/aromatic N) is 1. The van der Waals surface area contributed by atoms with Gasteiger partial charge in [0.05, 0.1) is 20.6 Å². The molecule has 0 N–H and O–H groups in total. The Labute approximate surface area is 145 Å². The van der Waals surface area contributed by atoms with E-state index in [9.17, 15) is 4.79 Å². The molecule has 1 amide bonds. The zero-order valence-electron chi connectivity index (χ0n) is 13.5. The van der Waals surface area contributed by atoms with E-state index < -0.39 is 0 Å². The first kappa shape index (κ1) is 17.3. The molecule has 0 spiro atoms. The van der Waals surface area contributed by atoms with Crippen molar-refractivity contribution in [3.8, 4) is 11.5 Å². The quantitative estimate of drug-likeness (QED) is 0.761. The number of methoxy groups -OCH3 is 2. The molecule has 0 atom stereocenters. The molecule has 0 radical (unpaired) electrons. The van der Waals surface area contributed by atoms with Crippen LogP contribution in [0.25, 0.3) is 0 Å². The molecule has 5 heteroatoms. The highest BCUT2D eigenvalue weighted by molar-refractivity contribution is 9.10. The number of hydrogen-bond acceptors (Lipinski definition) is 3. The van der Waals surface area contributed by atoms with Crippen molar-refractivity contribution in [2.45, 2.75) is 13.3 Å². The number of rotatable bonds is 6. The van der Waals surface area contributed by atoms with Crippen molar-refractivity contribution >= 4 is 27.5 Å². The van der Waals surface area contributed by atoms with Crippen LogP contribution in [0.5, 0.6) is 11.5 Å². The molecule has 0 aromatic heterocycles. The van der Waals surface area contributed by atoms with Crippen molar-refractivity contribution in [1.82, 2.24) is 0 Å². The van der Waals surface area contributed by atoms with Crippen LogP contribution in [0, 0.1) is 0 Å². The van der Waals surface area contributed by atoms with E-state index in [1.54, 1.807) is 19.1 Å². The number of halogens is 1. The first-order valence-corrected chi connectivity index (χ1v) is 8.15. The summed E-state index contributed by atoms with van der Waals surface area (Å²) in [5.41, 5.74) is 1.76. The SMILES string of the molecule is CCN(C(=O)Cc1cc(OC)c(OC)cc1Br)c1ccccc1. The topological polar surface area (TPSA) is 38.8 Å². The third-order valence-corrected chi connectivity index (χ3v) is 4.32. The zero-order valence-corrected chi connectivity index (χ0v) is 15.1. The molecule has 0 aliphatic carbocycles. The van der Waals surface area contributed by atoms with Crippen LogP contribution in [0.1, 0.15) is 12.5 Å². The summed E-state index contributed by atoms with van der Waals surface area (Å²) in [4.78, 5) is 14.5. The van der Waals surface area contributed by atoms with Gasteiger partial charge in [-0.2, -0.15) is 0 Å². The lowest BCUT2D eigenvalue weighted by Gasteiger charge is -2.21. The number of para-hydroxylation sites is 1. The summed E-state index contributed by atoms with van der Waals surface area (Å²) in [5.74, 6) is 1.28. The third-order valence-electron chi connectivity index (χ3n) is 3.58. The van der Waals surface area contributed by atoms with E-state index in [4.69, 9.17) is 9.47 Å². The molecule has 0 heterocycles. The summed E-state index contributed by atoms with van der Waals surface area (Å²) in [6, 6.07) is 13.3. The van der Waals surface area contributed by atoms with E-state index >= 15 is 0 Å². The lowest BCUT2D eigenvalue weighted by molar-refractivity contribution is -0.117. The number of amides is 1. The van der Waals surface area contributed by atoms with Crippen LogP contribution < -0.4 is 14.4 Å². The van der Waals surface area contributed by atoms with Crippen LogP contribution in [-0.2, 0) is 11.2 Å². The maximum atomic E-state index is 12.7. The fourth-order valence-corrected chi connectivity index (χ4v) is 2.86. The minimum Gasteiger partial charge on any atom is -0.493 e. The summed E-state index contributed by atoms with van der Waals surface area (Å²) in [7, 11) is 3.17. The average Bonchev–Trinajstić information content (AvgIpc) is 2.58. The normalized spacial score (nSPS) is 10.3. The van der Waals surface area contributed by atoms with Gasteiger partial charge >= 0.3 is 0 Å². The Balaban J connectivity index is 2.25. The van der Waals surface area contributed by atoms with Crippen molar-refractivity contribution in [1.29, 1.82) is 0 Å². The predicted octanol–water partition coefficient (Wildman–Crippen LogP) is 4.06. The fourth-order valence-electron chi connectivity index (χ4n) is 2.40. The molecular formula is C18H20BrNO3. The van der Waals surface area contributed by atoms with Crippen LogP contribution in [-0.4, -0.2) is 26.7 Å². The lowest BCUT2D eigenvalue weighted by atomic mass is 10.1. The van der Waals surface area contributed by atoms with Gasteiger partial charge in [-0.15, -0.1) is 0 Å². The Morgan fingerprint density at radius 3 is 2.26 bits per heavy atom. The Bertz CT molecular complexity index is 673. The van der Waals surface area contributed by atoms with Crippen LogP contribution in [0.2, 0.25) is 0 Å². The van der Waals surface area contributed by atoms with Gasteiger partial charge in [-0.05, 0) is 36.8 Å². The van der Waals surface area contributed by atoms with Gasteiger partial charge in [0.25, 0.3) is 0 Å². The fraction of sp³-hybridized carbons (Fsp3) is 0.278. The van der Waals surface area contributed by atoms with Gasteiger partial charge < -0.3 is 14.4 Å². The van der Waals surface area contributed by atoms with Crippen molar-refractivity contribution in [2.75, 3.05) is 25.7 Å². The van der Waals surface area contributed by atoms with Gasteiger partial charge in [-0.3, -0.25) is 4.79 Å². The number of carbonyl (C=O) groups is 1. The van der Waals surface area contributed by atoms with Crippen LogP contribution in [0.4, 0.5) is 5.69 Å². The molecule has 2 aromatic carbocycles. The molecule has 0 unspecified atom stereocenters. The highest BCUT2D eigenvalue weighted by atomic mass is 79.9. The molecular weight excluding hydrogens is 358 g/mol. The molecule has 0 aliphatic rings. The van der Waals surface area contributed by atoms with Crippen LogP contribution in [0.3, 0.4) is 0 Å². The predicted molar refractivity (Wildman–Crippen MR) is 95.4 cm³/mol. The molecule has 23 heavy (non-hydrogen) atoms. The monoisotopic (exact) mass is 377 g/mol. The Morgan fingerprint density at radius 2 is 1.70 bits per heavy atom. The lowest BCUT2D eigenvalue weighted by Crippen LogP contribution is -2.32. The summed E-state index contributed by atoms with van der Waals surface area (Å²) in [6.07, 6.45) is 0.281. The summed E-state index contributed by atoms with van der Waals surface area (Å²) in [6.45, 7) is 2.59. The largest absolute Gasteiger partial charge is 0.493 e. The first-order chi connectivity index (χ1) is 11.1. The van der Waals surface area contributed by atoms with Crippen molar-refractivity contribution in [3.63, 3.8) is 0 Å². The van der Waals surface area contributed by atoms with Crippen molar-refractivity contribution < 1.29 is 14.3 Å². The minimum absolute atomic E-state index is 0.0339. The van der Waals surface area contributed by atoms with Crippen molar-refractivity contribution in [3.05, 3.63) is 52.5 Å². The van der Waals surface area contributed by atoms with Crippen molar-refractivity contribution in [2.24, 2.45) is 0 Å². The van der Waals surface area contributed by atoms with Gasteiger partial charge in [0.2, 0.25) is 5.91 Å². The van der Waals surface area contributed by atoms with E-state index in [-0.39, 0.29) is 12.3 Å². The maximum absolute atomic E-state index is 12.7. The number of ether oxygens (including phenoxy) is 2. The van der Waals surface area contributed by atoms with Crippen LogP contribution in [0.15, 0.2) is 46.9 Å². The number of anilines is 1. The second-order valence-corrected chi connectivity index (χ2v) is 5.80. The molecule has 0 bridgehead atoms. The van der Waals surface area contributed by atoms with E-state index in [0.717, 1.165) is 15.7 Å². The maximum Gasteiger partial charge on any atom is 0.231 e. The van der Waals surface area contributed by atoms with Gasteiger partial charge in [0.1, 0.15) is 0 Å². The highest BCUT2D eigenvalue weighted by Crippen LogP contribution is 2.33. The molecule has 4 nitrogen and oxygen atoms in total. The standard InChI is InChI=1S/C18H20BrNO3/c1-4-20(14-8-6-5-7-9-14)18(21)11-13-10-16(22-2)17(23-3)12-15(13)19/h5-10,12H,4,11H2,1-3H3. The van der Waals surface area contributed by atoms with E-state index in [2.05, 4.69) is 15.9 Å². The number of likely N-dealkylation sites (N-methyl/N-ethyl adjacent to an activating group) is 1. The molecule has 0 fully saturated rings. The van der Waals surface area contributed by atoms with Gasteiger partial charge in [-0.1, -0.05) is 34.1 Å². The number of hydrogen-bond donors (Lipinski definition) is 0. The van der Waals surface area contributed by atoms with Gasteiger partial charge in [-0.25, -0.2) is 0 Å². The highest BCUT2D eigenvalue weighted by Gasteiger charge is 2.17. The molecule has 0 aliphatic heterocycles. The Hall–Kier alpha value is -2.01. The Morgan fingerprint density at radius 1 is 1.09 bits per heavy atom. The minimum atomic E-state index is 0.0339. The van der Waals surface area contributed by atoms with E-state index in [0.29, 0.717) is 18.0 Å². The molecule has 2 aromatic rings.